The molecule has 1 atom stereocenters. The van der Waals surface area contributed by atoms with E-state index in [1.807, 2.05) is 17.0 Å². The van der Waals surface area contributed by atoms with Gasteiger partial charge in [0.15, 0.2) is 0 Å². The number of halogens is 1. The van der Waals surface area contributed by atoms with Crippen LogP contribution in [0.5, 0.6) is 0 Å². The number of piperazine rings is 1. The molecule has 1 amide bonds. The van der Waals surface area contributed by atoms with Crippen LogP contribution in [0.15, 0.2) is 47.4 Å². The average molecular weight is 417 g/mol. The van der Waals surface area contributed by atoms with E-state index >= 15 is 0 Å². The van der Waals surface area contributed by atoms with Gasteiger partial charge in [-0.05, 0) is 60.9 Å². The Balaban J connectivity index is 1.34. The van der Waals surface area contributed by atoms with E-state index in [1.54, 1.807) is 24.3 Å². The first-order valence-corrected chi connectivity index (χ1v) is 11.0. The summed E-state index contributed by atoms with van der Waals surface area (Å²) in [7, 11) is -1.47. The maximum absolute atomic E-state index is 13.5. The lowest BCUT2D eigenvalue weighted by atomic mass is 10.0. The highest BCUT2D eigenvalue weighted by atomic mass is 32.2. The molecule has 1 saturated heterocycles. The van der Waals surface area contributed by atoms with Crippen LogP contribution >= 0.6 is 0 Å². The standard InChI is InChI=1S/C21H25FN4O2S/c22-17-3-8-20-16(14-17)2-1-9-26(20)15-21(27)25-12-10-24(11-13-25)18-4-6-19(7-5-18)29(23)28/h3-8,14H,1-2,9-13,15,23H2. The number of fused-ring (bicyclic) bond motifs is 1. The quantitative estimate of drug-likeness (QED) is 0.827. The summed E-state index contributed by atoms with van der Waals surface area (Å²) in [6, 6.07) is 12.2. The van der Waals surface area contributed by atoms with Gasteiger partial charge < -0.3 is 14.7 Å². The van der Waals surface area contributed by atoms with Gasteiger partial charge in [0.05, 0.1) is 11.4 Å². The topological polar surface area (TPSA) is 69.9 Å². The Morgan fingerprint density at radius 1 is 1.03 bits per heavy atom. The number of rotatable bonds is 4. The van der Waals surface area contributed by atoms with E-state index in [4.69, 9.17) is 5.14 Å². The summed E-state index contributed by atoms with van der Waals surface area (Å²) >= 11 is 0. The molecule has 0 spiro atoms. The zero-order valence-electron chi connectivity index (χ0n) is 16.2. The highest BCUT2D eigenvalue weighted by molar-refractivity contribution is 7.82. The molecule has 2 aromatic carbocycles. The maximum Gasteiger partial charge on any atom is 0.242 e. The summed E-state index contributed by atoms with van der Waals surface area (Å²) in [5.74, 6) is -0.116. The maximum atomic E-state index is 13.5. The zero-order chi connectivity index (χ0) is 20.4. The normalized spacial score (nSPS) is 17.8. The monoisotopic (exact) mass is 416 g/mol. The van der Waals surface area contributed by atoms with Gasteiger partial charge in [0.2, 0.25) is 5.91 Å². The van der Waals surface area contributed by atoms with Crippen molar-refractivity contribution in [3.05, 3.63) is 53.8 Å². The zero-order valence-corrected chi connectivity index (χ0v) is 17.0. The third kappa shape index (κ3) is 4.43. The molecule has 4 rings (SSSR count). The predicted octanol–water partition coefficient (Wildman–Crippen LogP) is 1.91. The third-order valence-electron chi connectivity index (χ3n) is 5.65. The van der Waals surface area contributed by atoms with Gasteiger partial charge in [0.1, 0.15) is 16.8 Å². The Bertz CT molecular complexity index is 913. The summed E-state index contributed by atoms with van der Waals surface area (Å²) in [5.41, 5.74) is 3.00. The lowest BCUT2D eigenvalue weighted by molar-refractivity contribution is -0.130. The van der Waals surface area contributed by atoms with Crippen molar-refractivity contribution >= 4 is 28.3 Å². The molecule has 2 N–H and O–H groups in total. The van der Waals surface area contributed by atoms with Crippen molar-refractivity contribution in [2.45, 2.75) is 17.7 Å². The Kier molecular flexibility index (Phi) is 5.82. The summed E-state index contributed by atoms with van der Waals surface area (Å²) in [6.07, 6.45) is 1.79. The fourth-order valence-corrected chi connectivity index (χ4v) is 4.48. The molecule has 1 unspecified atom stereocenters. The fourth-order valence-electron chi connectivity index (χ4n) is 4.08. The largest absolute Gasteiger partial charge is 0.368 e. The fraction of sp³-hybridized carbons (Fsp3) is 0.381. The highest BCUT2D eigenvalue weighted by Crippen LogP contribution is 2.28. The lowest BCUT2D eigenvalue weighted by Gasteiger charge is -2.38. The van der Waals surface area contributed by atoms with Crippen LogP contribution in [0.25, 0.3) is 0 Å². The Morgan fingerprint density at radius 2 is 1.76 bits per heavy atom. The first kappa shape index (κ1) is 19.8. The average Bonchev–Trinajstić information content (AvgIpc) is 2.74. The molecule has 2 aromatic rings. The van der Waals surface area contributed by atoms with Gasteiger partial charge in [0, 0.05) is 44.1 Å². The number of aryl methyl sites for hydroxylation is 1. The summed E-state index contributed by atoms with van der Waals surface area (Å²) in [6.45, 7) is 3.97. The van der Waals surface area contributed by atoms with Gasteiger partial charge >= 0.3 is 0 Å². The van der Waals surface area contributed by atoms with Crippen LogP contribution < -0.4 is 14.9 Å². The minimum Gasteiger partial charge on any atom is -0.368 e. The minimum absolute atomic E-state index is 0.107. The van der Waals surface area contributed by atoms with E-state index in [0.717, 1.165) is 49.4 Å². The number of carbonyl (C=O) groups excluding carboxylic acids is 1. The second-order valence-electron chi connectivity index (χ2n) is 7.46. The third-order valence-corrected chi connectivity index (χ3v) is 6.39. The predicted molar refractivity (Wildman–Crippen MR) is 113 cm³/mol. The van der Waals surface area contributed by atoms with E-state index in [2.05, 4.69) is 9.80 Å². The molecule has 0 bridgehead atoms. The van der Waals surface area contributed by atoms with E-state index < -0.39 is 11.0 Å². The van der Waals surface area contributed by atoms with E-state index in [9.17, 15) is 13.4 Å². The number of nitrogens with zero attached hydrogens (tertiary/aromatic N) is 3. The van der Waals surface area contributed by atoms with Crippen LogP contribution in [0.2, 0.25) is 0 Å². The summed E-state index contributed by atoms with van der Waals surface area (Å²) in [5, 5.41) is 5.40. The molecule has 8 heteroatoms. The molecule has 1 fully saturated rings. The Morgan fingerprint density at radius 3 is 2.45 bits per heavy atom. The van der Waals surface area contributed by atoms with Gasteiger partial charge in [-0.3, -0.25) is 4.79 Å². The number of hydrogen-bond donors (Lipinski definition) is 1. The van der Waals surface area contributed by atoms with Crippen LogP contribution in [0.4, 0.5) is 15.8 Å². The van der Waals surface area contributed by atoms with Gasteiger partial charge in [-0.15, -0.1) is 0 Å². The van der Waals surface area contributed by atoms with E-state index in [-0.39, 0.29) is 11.7 Å². The number of carbonyl (C=O) groups is 1. The summed E-state index contributed by atoms with van der Waals surface area (Å²) < 4.78 is 24.8. The molecule has 0 saturated carbocycles. The molecule has 0 aromatic heterocycles. The van der Waals surface area contributed by atoms with Crippen LogP contribution in [-0.4, -0.2) is 54.3 Å². The molecule has 0 radical (unpaired) electrons. The molecular weight excluding hydrogens is 391 g/mol. The van der Waals surface area contributed by atoms with Crippen molar-refractivity contribution in [3.8, 4) is 0 Å². The molecule has 154 valence electrons. The SMILES string of the molecule is NS(=O)c1ccc(N2CCN(C(=O)CN3CCCc4cc(F)ccc43)CC2)cc1. The van der Waals surface area contributed by atoms with Crippen LogP contribution in [0.3, 0.4) is 0 Å². The second kappa shape index (κ2) is 8.51. The minimum atomic E-state index is -1.47. The number of amides is 1. The van der Waals surface area contributed by atoms with E-state index in [1.165, 1.54) is 6.07 Å². The smallest absolute Gasteiger partial charge is 0.242 e. The van der Waals surface area contributed by atoms with Crippen molar-refractivity contribution in [1.29, 1.82) is 0 Å². The first-order valence-electron chi connectivity index (χ1n) is 9.83. The van der Waals surface area contributed by atoms with Crippen molar-refractivity contribution in [2.24, 2.45) is 5.14 Å². The Hall–Kier alpha value is -2.45. The van der Waals surface area contributed by atoms with Crippen LogP contribution in [0.1, 0.15) is 12.0 Å². The molecular formula is C21H25FN4O2S. The van der Waals surface area contributed by atoms with Crippen LogP contribution in [0, 0.1) is 5.82 Å². The molecule has 29 heavy (non-hydrogen) atoms. The van der Waals surface area contributed by atoms with Crippen molar-refractivity contribution in [3.63, 3.8) is 0 Å². The number of nitrogens with two attached hydrogens (primary N) is 1. The number of benzene rings is 2. The van der Waals surface area contributed by atoms with Crippen molar-refractivity contribution in [2.75, 3.05) is 49.1 Å². The molecule has 2 aliphatic rings. The lowest BCUT2D eigenvalue weighted by Crippen LogP contribution is -2.51. The molecule has 0 aliphatic carbocycles. The number of anilines is 2. The first-order chi connectivity index (χ1) is 14.0. The van der Waals surface area contributed by atoms with Gasteiger partial charge in [0.25, 0.3) is 0 Å². The van der Waals surface area contributed by atoms with E-state index in [0.29, 0.717) is 24.5 Å². The van der Waals surface area contributed by atoms with Crippen molar-refractivity contribution in [1.82, 2.24) is 4.90 Å². The second-order valence-corrected chi connectivity index (χ2v) is 8.52. The summed E-state index contributed by atoms with van der Waals surface area (Å²) in [4.78, 5) is 19.6. The van der Waals surface area contributed by atoms with Crippen LogP contribution in [-0.2, 0) is 22.2 Å². The highest BCUT2D eigenvalue weighted by Gasteiger charge is 2.25. The molecule has 2 aliphatic heterocycles. The molecule has 2 heterocycles. The number of hydrogen-bond acceptors (Lipinski definition) is 4. The van der Waals surface area contributed by atoms with Gasteiger partial charge in [-0.25, -0.2) is 13.7 Å². The van der Waals surface area contributed by atoms with Gasteiger partial charge in [-0.1, -0.05) is 0 Å². The Labute approximate surface area is 172 Å². The molecule has 6 nitrogen and oxygen atoms in total. The van der Waals surface area contributed by atoms with Gasteiger partial charge in [-0.2, -0.15) is 0 Å². The van der Waals surface area contributed by atoms with Crippen molar-refractivity contribution < 1.29 is 13.4 Å².